The van der Waals surface area contributed by atoms with E-state index in [9.17, 15) is 0 Å². The van der Waals surface area contributed by atoms with E-state index in [-0.39, 0.29) is 0 Å². The maximum atomic E-state index is 5.74. The van der Waals surface area contributed by atoms with Gasteiger partial charge >= 0.3 is 0 Å². The van der Waals surface area contributed by atoms with E-state index in [4.69, 9.17) is 19.9 Å². The highest BCUT2D eigenvalue weighted by Crippen LogP contribution is 2.46. The number of fused-ring (bicyclic) bond motifs is 9. The van der Waals surface area contributed by atoms with E-state index in [2.05, 4.69) is 189 Å². The molecule has 0 aliphatic carbocycles. The lowest BCUT2D eigenvalue weighted by atomic mass is 10.1. The van der Waals surface area contributed by atoms with Gasteiger partial charge in [0, 0.05) is 49.6 Å². The van der Waals surface area contributed by atoms with Crippen LogP contribution in [0.1, 0.15) is 33.4 Å². The predicted molar refractivity (Wildman–Crippen MR) is 285 cm³/mol. The third-order valence-corrected chi connectivity index (χ3v) is 13.8. The molecule has 0 amide bonds. The molecule has 0 radical (unpaired) electrons. The smallest absolute Gasteiger partial charge is 0.167 e. The maximum absolute atomic E-state index is 5.74. The molecule has 0 aliphatic rings. The van der Waals surface area contributed by atoms with Crippen LogP contribution in [-0.2, 0) is 0 Å². The Balaban J connectivity index is 1.30. The van der Waals surface area contributed by atoms with Crippen LogP contribution in [0.4, 0.5) is 0 Å². The lowest BCUT2D eigenvalue weighted by Gasteiger charge is -2.24. The molecule has 0 aliphatic heterocycles. The van der Waals surface area contributed by atoms with Crippen LogP contribution in [-0.4, -0.2) is 33.6 Å². The van der Waals surface area contributed by atoms with Crippen molar-refractivity contribution in [3.05, 3.63) is 209 Å². The Morgan fingerprint density at radius 3 is 0.957 bits per heavy atom. The van der Waals surface area contributed by atoms with Gasteiger partial charge in [-0.3, -0.25) is 4.57 Å². The zero-order chi connectivity index (χ0) is 46.7. The molecule has 0 saturated heterocycles. The Hall–Kier alpha value is -8.68. The number of rotatable bonds is 6. The van der Waals surface area contributed by atoms with Gasteiger partial charge in [-0.2, -0.15) is 0 Å². The summed E-state index contributed by atoms with van der Waals surface area (Å²) in [4.78, 5) is 21.8. The highest BCUT2D eigenvalue weighted by Gasteiger charge is 2.30. The first-order valence-electron chi connectivity index (χ1n) is 23.6. The fraction of sp³-hybridized carbons (Fsp3) is 0.0968. The first kappa shape index (κ1) is 40.6. The van der Waals surface area contributed by atoms with E-state index in [1.807, 2.05) is 42.6 Å². The van der Waals surface area contributed by atoms with Crippen LogP contribution >= 0.6 is 0 Å². The van der Waals surface area contributed by atoms with E-state index in [1.54, 1.807) is 0 Å². The first-order valence-corrected chi connectivity index (χ1v) is 23.6. The van der Waals surface area contributed by atoms with Gasteiger partial charge in [-0.15, -0.1) is 0 Å². The summed E-state index contributed by atoms with van der Waals surface area (Å²) in [6, 6.07) is 61.3. The number of benzene rings is 8. The Bertz CT molecular complexity index is 4010. The molecule has 13 rings (SSSR count). The summed E-state index contributed by atoms with van der Waals surface area (Å²) in [6.07, 6.45) is 2.01. The number of aromatic nitrogens is 7. The number of hydrogen-bond acceptors (Lipinski definition) is 4. The zero-order valence-electron chi connectivity index (χ0n) is 39.4. The van der Waals surface area contributed by atoms with Crippen LogP contribution in [0, 0.1) is 41.5 Å². The van der Waals surface area contributed by atoms with Crippen molar-refractivity contribution in [3.63, 3.8) is 0 Å². The third kappa shape index (κ3) is 6.41. The summed E-state index contributed by atoms with van der Waals surface area (Å²) in [5, 5.41) is 7.06. The number of nitrogens with zero attached hydrogens (tertiary/aromatic N) is 7. The monoisotopic (exact) mass is 889 g/mol. The number of pyridine rings is 1. The zero-order valence-corrected chi connectivity index (χ0v) is 39.4. The van der Waals surface area contributed by atoms with Gasteiger partial charge in [0.05, 0.1) is 44.4 Å². The minimum absolute atomic E-state index is 0.521. The lowest BCUT2D eigenvalue weighted by molar-refractivity contribution is 0.989. The number of aryl methyl sites for hydroxylation is 6. The molecule has 5 heterocycles. The SMILES string of the molecule is Cc1ccc2c(c1)c1cc(C)ccc1n2-c1ncc(-c2nc(-c3ccccc3)nc(-c3ccccc3)n2)c(-n2c3ccc(C)cc3c3cc(C)ccc32)c1-n1c2ccc(C)cc2c2cc(C)ccc21. The Labute approximate surface area is 399 Å². The average Bonchev–Trinajstić information content (AvgIpc) is 3.97. The molecule has 0 unspecified atom stereocenters. The molecule has 0 atom stereocenters. The van der Waals surface area contributed by atoms with Crippen molar-refractivity contribution in [1.82, 2.24) is 33.6 Å². The molecule has 7 heteroatoms. The topological polar surface area (TPSA) is 66.3 Å². The quantitative estimate of drug-likeness (QED) is 0.167. The Kier molecular flexibility index (Phi) is 9.08. The second kappa shape index (κ2) is 15.4. The van der Waals surface area contributed by atoms with Gasteiger partial charge in [-0.05, 0) is 114 Å². The van der Waals surface area contributed by atoms with Crippen molar-refractivity contribution < 1.29 is 0 Å². The normalized spacial score (nSPS) is 11.9. The summed E-state index contributed by atoms with van der Waals surface area (Å²) >= 11 is 0. The minimum atomic E-state index is 0.521. The van der Waals surface area contributed by atoms with E-state index in [0.29, 0.717) is 17.5 Å². The van der Waals surface area contributed by atoms with Crippen LogP contribution < -0.4 is 0 Å². The minimum Gasteiger partial charge on any atom is -0.306 e. The van der Waals surface area contributed by atoms with E-state index in [1.165, 1.54) is 65.7 Å². The molecule has 0 spiro atoms. The van der Waals surface area contributed by atoms with Crippen molar-refractivity contribution in [2.24, 2.45) is 0 Å². The standard InChI is InChI=1S/C62H47N7/c1-36-17-23-51-44(29-36)45-30-37(2)18-24-52(45)67(51)57-50(61-65-59(42-13-9-7-10-14-42)64-60(66-61)43-15-11-8-12-16-43)35-63-62(69-55-27-21-40(5)33-48(55)49-34-41(6)22-28-56(49)69)58(57)68-53-25-19-38(3)31-46(53)47-32-39(4)20-26-54(47)68/h7-35H,1-6H3. The van der Waals surface area contributed by atoms with Gasteiger partial charge in [0.1, 0.15) is 5.69 Å². The van der Waals surface area contributed by atoms with Gasteiger partial charge < -0.3 is 9.13 Å². The van der Waals surface area contributed by atoms with Crippen molar-refractivity contribution in [3.8, 4) is 51.4 Å². The molecule has 69 heavy (non-hydrogen) atoms. The molecule has 8 aromatic carbocycles. The lowest BCUT2D eigenvalue weighted by Crippen LogP contribution is -2.13. The summed E-state index contributed by atoms with van der Waals surface area (Å²) in [7, 11) is 0. The molecule has 0 fully saturated rings. The fourth-order valence-corrected chi connectivity index (χ4v) is 10.6. The van der Waals surface area contributed by atoms with Crippen molar-refractivity contribution >= 4 is 65.4 Å². The summed E-state index contributed by atoms with van der Waals surface area (Å²) < 4.78 is 7.30. The molecule has 13 aromatic rings. The predicted octanol–water partition coefficient (Wildman–Crippen LogP) is 15.4. The van der Waals surface area contributed by atoms with E-state index >= 15 is 0 Å². The molecule has 7 nitrogen and oxygen atoms in total. The summed E-state index contributed by atoms with van der Waals surface area (Å²) in [6.45, 7) is 13.0. The fourth-order valence-electron chi connectivity index (χ4n) is 10.6. The van der Waals surface area contributed by atoms with Crippen LogP contribution in [0.2, 0.25) is 0 Å². The highest BCUT2D eigenvalue weighted by molar-refractivity contribution is 6.14. The second-order valence-corrected chi connectivity index (χ2v) is 18.9. The van der Waals surface area contributed by atoms with Crippen LogP contribution in [0.25, 0.3) is 117 Å². The number of hydrogen-bond donors (Lipinski definition) is 0. The van der Waals surface area contributed by atoms with Gasteiger partial charge in [-0.25, -0.2) is 19.9 Å². The van der Waals surface area contributed by atoms with Crippen LogP contribution in [0.15, 0.2) is 176 Å². The van der Waals surface area contributed by atoms with Crippen molar-refractivity contribution in [1.29, 1.82) is 0 Å². The second-order valence-electron chi connectivity index (χ2n) is 18.9. The van der Waals surface area contributed by atoms with Crippen LogP contribution in [0.5, 0.6) is 0 Å². The van der Waals surface area contributed by atoms with E-state index < -0.39 is 0 Å². The van der Waals surface area contributed by atoms with Gasteiger partial charge in [0.15, 0.2) is 23.3 Å². The van der Waals surface area contributed by atoms with Crippen molar-refractivity contribution in [2.45, 2.75) is 41.5 Å². The first-order chi connectivity index (χ1) is 33.7. The summed E-state index contributed by atoms with van der Waals surface area (Å²) in [5.74, 6) is 2.48. The van der Waals surface area contributed by atoms with Crippen molar-refractivity contribution in [2.75, 3.05) is 0 Å². The third-order valence-electron chi connectivity index (χ3n) is 13.8. The molecule has 0 saturated carbocycles. The Morgan fingerprint density at radius 2 is 0.609 bits per heavy atom. The molecular weight excluding hydrogens is 843 g/mol. The van der Waals surface area contributed by atoms with Gasteiger partial charge in [0.25, 0.3) is 0 Å². The summed E-state index contributed by atoms with van der Waals surface area (Å²) in [5.41, 5.74) is 18.0. The largest absolute Gasteiger partial charge is 0.306 e. The Morgan fingerprint density at radius 1 is 0.304 bits per heavy atom. The molecule has 5 aromatic heterocycles. The van der Waals surface area contributed by atoms with Gasteiger partial charge in [-0.1, -0.05) is 130 Å². The molecular formula is C62H47N7. The molecule has 330 valence electrons. The van der Waals surface area contributed by atoms with E-state index in [0.717, 1.165) is 67.0 Å². The molecule has 0 bridgehead atoms. The highest BCUT2D eigenvalue weighted by atomic mass is 15.2. The van der Waals surface area contributed by atoms with Crippen LogP contribution in [0.3, 0.4) is 0 Å². The maximum Gasteiger partial charge on any atom is 0.167 e. The van der Waals surface area contributed by atoms with Gasteiger partial charge in [0.2, 0.25) is 0 Å². The average molecular weight is 890 g/mol. The molecule has 0 N–H and O–H groups in total.